The van der Waals surface area contributed by atoms with Crippen LogP contribution in [-0.4, -0.2) is 0 Å². The molecule has 0 heterocycles. The van der Waals surface area contributed by atoms with Crippen LogP contribution in [0.3, 0.4) is 0 Å². The number of hydrogen-bond donors (Lipinski definition) is 0. The third kappa shape index (κ3) is 4.35. The summed E-state index contributed by atoms with van der Waals surface area (Å²) in [5.74, 6) is 1.78. The smallest absolute Gasteiger partial charge is 0.00612 e. The van der Waals surface area contributed by atoms with Gasteiger partial charge in [0.1, 0.15) is 0 Å². The van der Waals surface area contributed by atoms with Gasteiger partial charge in [-0.1, -0.05) is 68.7 Å². The molecule has 1 saturated carbocycles. The topological polar surface area (TPSA) is 0 Å². The number of hydrogen-bond acceptors (Lipinski definition) is 0. The Balaban J connectivity index is 1.93. The van der Waals surface area contributed by atoms with E-state index in [-0.39, 0.29) is 0 Å². The summed E-state index contributed by atoms with van der Waals surface area (Å²) < 4.78 is 0. The van der Waals surface area contributed by atoms with Crippen molar-refractivity contribution in [3.63, 3.8) is 0 Å². The van der Waals surface area contributed by atoms with Crippen LogP contribution in [0.2, 0.25) is 0 Å². The molecule has 2 rings (SSSR count). The second kappa shape index (κ2) is 7.81. The highest BCUT2D eigenvalue weighted by atomic mass is 14.3. The lowest BCUT2D eigenvalue weighted by atomic mass is 9.78. The zero-order valence-corrected chi connectivity index (χ0v) is 14.9. The molecule has 0 nitrogen and oxygen atoms in total. The minimum atomic E-state index is 0.840. The summed E-state index contributed by atoms with van der Waals surface area (Å²) in [5, 5.41) is 0. The fourth-order valence-corrected chi connectivity index (χ4v) is 3.61. The van der Waals surface area contributed by atoms with Crippen LogP contribution in [0.1, 0.15) is 66.2 Å². The van der Waals surface area contributed by atoms with E-state index in [0.29, 0.717) is 0 Å². The maximum Gasteiger partial charge on any atom is -0.00612 e. The number of rotatable bonds is 5. The zero-order valence-electron chi connectivity index (χ0n) is 14.9. The highest BCUT2D eigenvalue weighted by Crippen LogP contribution is 2.37. The van der Waals surface area contributed by atoms with Gasteiger partial charge < -0.3 is 0 Å². The van der Waals surface area contributed by atoms with Gasteiger partial charge in [-0.3, -0.25) is 0 Å². The molecule has 1 fully saturated rings. The monoisotopic (exact) mass is 296 g/mol. The molecule has 0 aliphatic heterocycles. The Morgan fingerprint density at radius 2 is 1.86 bits per heavy atom. The van der Waals surface area contributed by atoms with Crippen LogP contribution in [0, 0.1) is 11.8 Å². The summed E-state index contributed by atoms with van der Waals surface area (Å²) >= 11 is 0. The first-order chi connectivity index (χ1) is 10.5. The van der Waals surface area contributed by atoms with Crippen molar-refractivity contribution in [2.75, 3.05) is 0 Å². The minimum Gasteiger partial charge on any atom is -0.0952 e. The maximum absolute atomic E-state index is 4.19. The Labute approximate surface area is 137 Å². The van der Waals surface area contributed by atoms with Gasteiger partial charge in [0.15, 0.2) is 0 Å². The molecule has 2 aliphatic rings. The fraction of sp³-hybridized carbons (Fsp3) is 0.545. The predicted molar refractivity (Wildman–Crippen MR) is 98.9 cm³/mol. The van der Waals surface area contributed by atoms with Gasteiger partial charge in [-0.15, -0.1) is 0 Å². The fourth-order valence-electron chi connectivity index (χ4n) is 3.61. The molecule has 0 aromatic heterocycles. The summed E-state index contributed by atoms with van der Waals surface area (Å²) in [4.78, 5) is 0. The van der Waals surface area contributed by atoms with Gasteiger partial charge in [0, 0.05) is 0 Å². The highest BCUT2D eigenvalue weighted by Gasteiger charge is 2.22. The van der Waals surface area contributed by atoms with Crippen LogP contribution in [0.25, 0.3) is 0 Å². The van der Waals surface area contributed by atoms with E-state index in [0.717, 1.165) is 24.7 Å². The van der Waals surface area contributed by atoms with Gasteiger partial charge in [-0.05, 0) is 68.1 Å². The summed E-state index contributed by atoms with van der Waals surface area (Å²) in [6, 6.07) is 0. The second-order valence-electron chi connectivity index (χ2n) is 7.32. The van der Waals surface area contributed by atoms with Gasteiger partial charge in [-0.25, -0.2) is 0 Å². The molecule has 0 aromatic carbocycles. The molecule has 0 saturated heterocycles. The van der Waals surface area contributed by atoms with E-state index in [1.54, 1.807) is 5.57 Å². The van der Waals surface area contributed by atoms with Crippen molar-refractivity contribution in [3.05, 3.63) is 58.7 Å². The minimum absolute atomic E-state index is 0.840. The lowest BCUT2D eigenvalue weighted by molar-refractivity contribution is 0.318. The Morgan fingerprint density at radius 3 is 2.45 bits per heavy atom. The van der Waals surface area contributed by atoms with Gasteiger partial charge in [0.2, 0.25) is 0 Å². The first-order valence-electron chi connectivity index (χ1n) is 8.94. The van der Waals surface area contributed by atoms with Crippen molar-refractivity contribution in [1.29, 1.82) is 0 Å². The van der Waals surface area contributed by atoms with E-state index in [2.05, 4.69) is 58.6 Å². The Kier molecular flexibility index (Phi) is 6.06. The van der Waals surface area contributed by atoms with Crippen LogP contribution in [0.5, 0.6) is 0 Å². The van der Waals surface area contributed by atoms with Crippen LogP contribution in [0.4, 0.5) is 0 Å². The molecule has 0 atom stereocenters. The molecule has 0 N–H and O–H groups in total. The van der Waals surface area contributed by atoms with Crippen molar-refractivity contribution >= 4 is 0 Å². The summed E-state index contributed by atoms with van der Waals surface area (Å²) in [6.45, 7) is 13.1. The Morgan fingerprint density at radius 1 is 1.18 bits per heavy atom. The molecule has 2 aliphatic carbocycles. The van der Waals surface area contributed by atoms with Crippen LogP contribution >= 0.6 is 0 Å². The van der Waals surface area contributed by atoms with E-state index in [9.17, 15) is 0 Å². The molecule has 120 valence electrons. The molecule has 0 aromatic rings. The number of allylic oxidation sites excluding steroid dienone is 9. The van der Waals surface area contributed by atoms with Crippen LogP contribution < -0.4 is 0 Å². The maximum atomic E-state index is 4.19. The molecule has 0 heteroatoms. The standard InChI is InChI=1S/C22H32/c1-6-18(5)22(16(2)3)14-10-19-9-13-21(15-19)20-11-7-17(4)8-12-20/h9-10,13-14,17,20H,5-8,11-12,15H2,1-4H3. The Bertz CT molecular complexity index is 524. The lowest BCUT2D eigenvalue weighted by Gasteiger charge is -2.27. The van der Waals surface area contributed by atoms with Crippen molar-refractivity contribution in [1.82, 2.24) is 0 Å². The summed E-state index contributed by atoms with van der Waals surface area (Å²) in [6.07, 6.45) is 17.1. The molecule has 0 amide bonds. The van der Waals surface area contributed by atoms with Gasteiger partial charge in [0.05, 0.1) is 0 Å². The molecule has 0 radical (unpaired) electrons. The van der Waals surface area contributed by atoms with E-state index in [1.807, 2.05) is 0 Å². The van der Waals surface area contributed by atoms with E-state index in [1.165, 1.54) is 48.0 Å². The van der Waals surface area contributed by atoms with Crippen molar-refractivity contribution in [3.8, 4) is 0 Å². The first kappa shape index (κ1) is 17.1. The molecular formula is C22H32. The van der Waals surface area contributed by atoms with Crippen molar-refractivity contribution < 1.29 is 0 Å². The van der Waals surface area contributed by atoms with E-state index >= 15 is 0 Å². The third-order valence-corrected chi connectivity index (χ3v) is 5.27. The molecular weight excluding hydrogens is 264 g/mol. The van der Waals surface area contributed by atoms with Crippen LogP contribution in [0.15, 0.2) is 58.7 Å². The van der Waals surface area contributed by atoms with Gasteiger partial charge in [-0.2, -0.15) is 0 Å². The quantitative estimate of drug-likeness (QED) is 0.483. The normalized spacial score (nSPS) is 25.1. The average Bonchev–Trinajstić information content (AvgIpc) is 2.96. The van der Waals surface area contributed by atoms with Gasteiger partial charge >= 0.3 is 0 Å². The van der Waals surface area contributed by atoms with Gasteiger partial charge in [0.25, 0.3) is 0 Å². The average molecular weight is 296 g/mol. The lowest BCUT2D eigenvalue weighted by Crippen LogP contribution is -2.13. The highest BCUT2D eigenvalue weighted by molar-refractivity contribution is 5.46. The molecule has 0 bridgehead atoms. The van der Waals surface area contributed by atoms with Crippen LogP contribution in [-0.2, 0) is 0 Å². The zero-order chi connectivity index (χ0) is 16.1. The van der Waals surface area contributed by atoms with E-state index < -0.39 is 0 Å². The molecule has 0 spiro atoms. The SMILES string of the molecule is C=C(CC)C(C=CC1=CC=C(C2CCC(C)CC2)C1)=C(C)C. The van der Waals surface area contributed by atoms with Crippen molar-refractivity contribution in [2.45, 2.75) is 66.2 Å². The predicted octanol–water partition coefficient (Wildman–Crippen LogP) is 6.93. The first-order valence-corrected chi connectivity index (χ1v) is 8.94. The summed E-state index contributed by atoms with van der Waals surface area (Å²) in [7, 11) is 0. The third-order valence-electron chi connectivity index (χ3n) is 5.27. The van der Waals surface area contributed by atoms with E-state index in [4.69, 9.17) is 0 Å². The largest absolute Gasteiger partial charge is 0.0952 e. The second-order valence-corrected chi connectivity index (χ2v) is 7.32. The molecule has 22 heavy (non-hydrogen) atoms. The Hall–Kier alpha value is -1.30. The molecule has 0 unspecified atom stereocenters. The van der Waals surface area contributed by atoms with Crippen molar-refractivity contribution in [2.24, 2.45) is 11.8 Å². The summed E-state index contributed by atoms with van der Waals surface area (Å²) in [5.41, 5.74) is 7.04.